The molecule has 0 aromatic carbocycles. The van der Waals surface area contributed by atoms with Crippen LogP contribution in [0, 0.1) is 11.8 Å². The number of rotatable bonds is 3. The van der Waals surface area contributed by atoms with Crippen LogP contribution >= 0.6 is 0 Å². The molecule has 1 aliphatic heterocycles. The highest BCUT2D eigenvalue weighted by molar-refractivity contribution is 5.71. The molecule has 1 fully saturated rings. The van der Waals surface area contributed by atoms with Crippen LogP contribution in [-0.2, 0) is 14.3 Å². The Labute approximate surface area is 125 Å². The van der Waals surface area contributed by atoms with Crippen LogP contribution < -0.4 is 0 Å². The van der Waals surface area contributed by atoms with E-state index in [0.29, 0.717) is 12.5 Å². The summed E-state index contributed by atoms with van der Waals surface area (Å²) in [5, 5.41) is 8.14. The van der Waals surface area contributed by atoms with Gasteiger partial charge >= 0.3 is 5.97 Å². The molecule has 1 saturated heterocycles. The van der Waals surface area contributed by atoms with Gasteiger partial charge < -0.3 is 14.6 Å². The van der Waals surface area contributed by atoms with Gasteiger partial charge in [0.05, 0.1) is 12.0 Å². The number of hydrogen-bond donors (Lipinski definition) is 1. The van der Waals surface area contributed by atoms with Gasteiger partial charge in [0.1, 0.15) is 0 Å². The molecule has 0 atom stereocenters. The third-order valence-electron chi connectivity index (χ3n) is 2.02. The molecule has 124 valence electrons. The van der Waals surface area contributed by atoms with Crippen LogP contribution in [0.5, 0.6) is 0 Å². The predicted molar refractivity (Wildman–Crippen MR) is 84.8 cm³/mol. The minimum absolute atomic E-state index is 0. The lowest BCUT2D eigenvalue weighted by atomic mass is 10.2. The number of carbonyl (C=O) groups excluding carboxylic acids is 1. The number of hydrogen-bond acceptors (Lipinski definition) is 4. The first kappa shape index (κ1) is 24.4. The first-order chi connectivity index (χ1) is 8.81. The second-order valence-corrected chi connectivity index (χ2v) is 5.54. The molecule has 0 bridgehead atoms. The van der Waals surface area contributed by atoms with Gasteiger partial charge in [0, 0.05) is 19.8 Å². The van der Waals surface area contributed by atoms with Crippen molar-refractivity contribution < 1.29 is 19.4 Å². The quantitative estimate of drug-likeness (QED) is 0.807. The minimum atomic E-state index is -0.120. The van der Waals surface area contributed by atoms with Crippen molar-refractivity contribution in [2.45, 2.75) is 67.9 Å². The first-order valence-electron chi connectivity index (χ1n) is 7.20. The zero-order chi connectivity index (χ0) is 15.3. The molecule has 0 saturated carbocycles. The third-order valence-corrected chi connectivity index (χ3v) is 2.02. The van der Waals surface area contributed by atoms with Crippen LogP contribution in [0.1, 0.15) is 61.8 Å². The molecule has 0 amide bonds. The zero-order valence-corrected chi connectivity index (χ0v) is 13.4. The van der Waals surface area contributed by atoms with Crippen molar-refractivity contribution in [2.24, 2.45) is 11.8 Å². The zero-order valence-electron chi connectivity index (χ0n) is 13.4. The Kier molecular flexibility index (Phi) is 20.1. The Hall–Kier alpha value is -0.610. The normalized spacial score (nSPS) is 13.1. The molecule has 1 rings (SSSR count). The maximum absolute atomic E-state index is 10.7. The van der Waals surface area contributed by atoms with Crippen LogP contribution in [0.4, 0.5) is 0 Å². The standard InChI is InChI=1S/C7H14O2.C4H8O.C4H10O.CH4/c1-5(2)7(8)9-6(3)4;1-2-4-5-3-1;1-4(2)3-5;/h5-6H,1-4H3;1-4H2;4-5H,3H2,1-2H3;1H4. The van der Waals surface area contributed by atoms with E-state index in [4.69, 9.17) is 14.6 Å². The molecule has 20 heavy (non-hydrogen) atoms. The molecule has 1 aliphatic rings. The van der Waals surface area contributed by atoms with Crippen molar-refractivity contribution in [3.05, 3.63) is 0 Å². The number of aliphatic hydroxyl groups excluding tert-OH is 1. The largest absolute Gasteiger partial charge is 0.463 e. The molecule has 0 unspecified atom stereocenters. The molecule has 1 N–H and O–H groups in total. The summed E-state index contributed by atoms with van der Waals surface area (Å²) in [6, 6.07) is 0. The topological polar surface area (TPSA) is 55.8 Å². The van der Waals surface area contributed by atoms with Gasteiger partial charge in [0.2, 0.25) is 0 Å². The van der Waals surface area contributed by atoms with Crippen molar-refractivity contribution in [2.75, 3.05) is 19.8 Å². The van der Waals surface area contributed by atoms with Gasteiger partial charge in [0.15, 0.2) is 0 Å². The molecule has 1 heterocycles. The molecule has 0 radical (unpaired) electrons. The van der Waals surface area contributed by atoms with Crippen LogP contribution in [0.3, 0.4) is 0 Å². The molecule has 0 aromatic rings. The first-order valence-corrected chi connectivity index (χ1v) is 7.20. The van der Waals surface area contributed by atoms with Gasteiger partial charge in [-0.2, -0.15) is 0 Å². The van der Waals surface area contributed by atoms with E-state index in [2.05, 4.69) is 0 Å². The summed E-state index contributed by atoms with van der Waals surface area (Å²) < 4.78 is 9.82. The summed E-state index contributed by atoms with van der Waals surface area (Å²) in [5.41, 5.74) is 0. The predicted octanol–water partition coefficient (Wildman–Crippen LogP) is 3.66. The molecule has 4 nitrogen and oxygen atoms in total. The van der Waals surface area contributed by atoms with E-state index in [1.807, 2.05) is 41.5 Å². The maximum atomic E-state index is 10.7. The van der Waals surface area contributed by atoms with Crippen molar-refractivity contribution in [1.29, 1.82) is 0 Å². The monoisotopic (exact) mass is 292 g/mol. The smallest absolute Gasteiger partial charge is 0.308 e. The van der Waals surface area contributed by atoms with E-state index < -0.39 is 0 Å². The number of esters is 1. The van der Waals surface area contributed by atoms with E-state index in [9.17, 15) is 4.79 Å². The third kappa shape index (κ3) is 22.6. The highest BCUT2D eigenvalue weighted by atomic mass is 16.5. The summed E-state index contributed by atoms with van der Waals surface area (Å²) in [5.74, 6) is 0.312. The second kappa shape index (κ2) is 16.4. The summed E-state index contributed by atoms with van der Waals surface area (Å²) in [7, 11) is 0. The molecule has 0 aliphatic carbocycles. The van der Waals surface area contributed by atoms with E-state index in [1.165, 1.54) is 12.8 Å². The van der Waals surface area contributed by atoms with Gasteiger partial charge in [-0.05, 0) is 32.6 Å². The molecular formula is C16H36O4. The van der Waals surface area contributed by atoms with E-state index in [0.717, 1.165) is 13.2 Å². The van der Waals surface area contributed by atoms with Gasteiger partial charge in [-0.25, -0.2) is 0 Å². The average Bonchev–Trinajstić information content (AvgIpc) is 2.87. The second-order valence-electron chi connectivity index (χ2n) is 5.54. The number of ether oxygens (including phenoxy) is 2. The molecule has 4 heteroatoms. The van der Waals surface area contributed by atoms with Gasteiger partial charge in [-0.15, -0.1) is 0 Å². The van der Waals surface area contributed by atoms with Crippen LogP contribution in [0.25, 0.3) is 0 Å². The van der Waals surface area contributed by atoms with E-state index >= 15 is 0 Å². The molecule has 0 spiro atoms. The van der Waals surface area contributed by atoms with Gasteiger partial charge in [-0.3, -0.25) is 4.79 Å². The fraction of sp³-hybridized carbons (Fsp3) is 0.938. The van der Waals surface area contributed by atoms with Crippen molar-refractivity contribution >= 4 is 5.97 Å². The molecular weight excluding hydrogens is 256 g/mol. The summed E-state index contributed by atoms with van der Waals surface area (Å²) >= 11 is 0. The van der Waals surface area contributed by atoms with Gasteiger partial charge in [-0.1, -0.05) is 35.1 Å². The Morgan fingerprint density at radius 3 is 1.60 bits per heavy atom. The summed E-state index contributed by atoms with van der Waals surface area (Å²) in [6.45, 7) is 13.6. The lowest BCUT2D eigenvalue weighted by Gasteiger charge is -2.08. The fourth-order valence-electron chi connectivity index (χ4n) is 0.879. The van der Waals surface area contributed by atoms with Crippen molar-refractivity contribution in [3.8, 4) is 0 Å². The van der Waals surface area contributed by atoms with E-state index in [1.54, 1.807) is 0 Å². The lowest BCUT2D eigenvalue weighted by Crippen LogP contribution is -2.16. The lowest BCUT2D eigenvalue weighted by molar-refractivity contribution is -0.151. The van der Waals surface area contributed by atoms with Crippen LogP contribution in [-0.4, -0.2) is 37.0 Å². The molecule has 0 aromatic heterocycles. The summed E-state index contributed by atoms with van der Waals surface area (Å²) in [6.07, 6.45) is 2.57. The summed E-state index contributed by atoms with van der Waals surface area (Å²) in [4.78, 5) is 10.7. The SMILES string of the molecule is C.C1CCOC1.CC(C)CO.CC(C)OC(=O)C(C)C. The Bertz CT molecular complexity index is 189. The number of carbonyl (C=O) groups is 1. The van der Waals surface area contributed by atoms with Crippen LogP contribution in [0.15, 0.2) is 0 Å². The van der Waals surface area contributed by atoms with Gasteiger partial charge in [0.25, 0.3) is 0 Å². The Balaban J connectivity index is -0.000000226. The minimum Gasteiger partial charge on any atom is -0.463 e. The van der Waals surface area contributed by atoms with Crippen molar-refractivity contribution in [1.82, 2.24) is 0 Å². The van der Waals surface area contributed by atoms with E-state index in [-0.39, 0.29) is 25.4 Å². The van der Waals surface area contributed by atoms with Crippen molar-refractivity contribution in [3.63, 3.8) is 0 Å². The average molecular weight is 292 g/mol. The maximum Gasteiger partial charge on any atom is 0.308 e. The highest BCUT2D eigenvalue weighted by Gasteiger charge is 2.08. The highest BCUT2D eigenvalue weighted by Crippen LogP contribution is 1.99. The number of aliphatic hydroxyl groups is 1. The Morgan fingerprint density at radius 1 is 1.10 bits per heavy atom. The fourth-order valence-corrected chi connectivity index (χ4v) is 0.879. The van der Waals surface area contributed by atoms with Crippen LogP contribution in [0.2, 0.25) is 0 Å². The Morgan fingerprint density at radius 2 is 1.50 bits per heavy atom.